The Morgan fingerprint density at radius 1 is 0.600 bits per heavy atom. The molecule has 5 heteroatoms. The lowest BCUT2D eigenvalue weighted by Gasteiger charge is -2.23. The minimum absolute atomic E-state index is 0.0172. The number of unbranched alkanes of at least 4 members (excludes halogenated alkanes) is 25. The van der Waals surface area contributed by atoms with E-state index in [-0.39, 0.29) is 17.3 Å². The molecule has 1 rings (SSSR count). The van der Waals surface area contributed by atoms with Crippen LogP contribution in [-0.4, -0.2) is 16.6 Å². The van der Waals surface area contributed by atoms with Crippen LogP contribution in [0.3, 0.4) is 0 Å². The average Bonchev–Trinajstić information content (AvgIpc) is 2.97. The molecule has 0 saturated carbocycles. The lowest BCUT2D eigenvalue weighted by Crippen LogP contribution is -2.12. The molecule has 1 atom stereocenters. The third kappa shape index (κ3) is 23.2. The minimum Gasteiger partial charge on any atom is -0.507 e. The molecule has 0 aromatic heterocycles. The van der Waals surface area contributed by atoms with Gasteiger partial charge >= 0.3 is 7.60 Å². The van der Waals surface area contributed by atoms with Gasteiger partial charge in [0.05, 0.1) is 12.8 Å². The molecule has 4 nitrogen and oxygen atoms in total. The van der Waals surface area contributed by atoms with Crippen LogP contribution in [0.1, 0.15) is 211 Å². The van der Waals surface area contributed by atoms with Crippen LogP contribution < -0.4 is 0 Å². The van der Waals surface area contributed by atoms with Crippen molar-refractivity contribution >= 4 is 7.60 Å². The van der Waals surface area contributed by atoms with Crippen molar-refractivity contribution in [1.29, 1.82) is 0 Å². The van der Waals surface area contributed by atoms with Crippen LogP contribution >= 0.6 is 7.60 Å². The number of phenolic OH excluding ortho intramolecular Hbond substituents is 1. The van der Waals surface area contributed by atoms with Gasteiger partial charge < -0.3 is 14.5 Å². The Labute approximate surface area is 280 Å². The highest BCUT2D eigenvalue weighted by molar-refractivity contribution is 7.51. The molecule has 0 radical (unpaired) electrons. The normalized spacial score (nSPS) is 13.4. The molecule has 1 aromatic rings. The van der Waals surface area contributed by atoms with Crippen molar-refractivity contribution in [2.75, 3.05) is 6.61 Å². The van der Waals surface area contributed by atoms with E-state index >= 15 is 0 Å². The molecule has 1 unspecified atom stereocenters. The molecule has 0 aliphatic heterocycles. The standard InChI is InChI=1S/C40H75O4P/c1-6-7-8-9-10-11-12-13-14-15-16-17-18-19-20-21-22-23-24-25-26-27-28-29-30-31-32-44-45(42,43)35-37-33-36(2)39(41)38(34-37)40(3,4)5/h33-34,41H,6-32,35H2,1-5H3,(H,42,43). The van der Waals surface area contributed by atoms with Crippen molar-refractivity contribution in [2.45, 2.75) is 213 Å². The summed E-state index contributed by atoms with van der Waals surface area (Å²) in [5.74, 6) is 0.269. The predicted octanol–water partition coefficient (Wildman–Crippen LogP) is 13.9. The Morgan fingerprint density at radius 3 is 1.27 bits per heavy atom. The fourth-order valence-electron chi connectivity index (χ4n) is 6.42. The number of rotatable bonds is 30. The summed E-state index contributed by atoms with van der Waals surface area (Å²) >= 11 is 0. The summed E-state index contributed by atoms with van der Waals surface area (Å²) in [7, 11) is -3.70. The maximum absolute atomic E-state index is 12.7. The van der Waals surface area contributed by atoms with E-state index in [9.17, 15) is 14.6 Å². The predicted molar refractivity (Wildman–Crippen MR) is 197 cm³/mol. The van der Waals surface area contributed by atoms with Gasteiger partial charge in [-0.15, -0.1) is 0 Å². The highest BCUT2D eigenvalue weighted by atomic mass is 31.2. The van der Waals surface area contributed by atoms with Gasteiger partial charge in [0.25, 0.3) is 0 Å². The first-order valence-electron chi connectivity index (χ1n) is 19.4. The smallest absolute Gasteiger partial charge is 0.332 e. The summed E-state index contributed by atoms with van der Waals surface area (Å²) in [4.78, 5) is 10.4. The van der Waals surface area contributed by atoms with Gasteiger partial charge in [-0.25, -0.2) is 0 Å². The van der Waals surface area contributed by atoms with Crippen LogP contribution in [0.5, 0.6) is 5.75 Å². The van der Waals surface area contributed by atoms with E-state index in [1.165, 1.54) is 154 Å². The highest BCUT2D eigenvalue weighted by Gasteiger charge is 2.24. The minimum atomic E-state index is -3.70. The molecular weight excluding hydrogens is 575 g/mol. The molecule has 0 amide bonds. The first-order valence-corrected chi connectivity index (χ1v) is 21.1. The van der Waals surface area contributed by atoms with Gasteiger partial charge in [-0.3, -0.25) is 4.57 Å². The molecule has 0 spiro atoms. The third-order valence-corrected chi connectivity index (χ3v) is 10.7. The van der Waals surface area contributed by atoms with Gasteiger partial charge in [-0.05, 0) is 35.4 Å². The summed E-state index contributed by atoms with van der Waals surface area (Å²) < 4.78 is 18.1. The number of phenols is 1. The van der Waals surface area contributed by atoms with Crippen LogP contribution in [0.15, 0.2) is 12.1 Å². The number of benzene rings is 1. The van der Waals surface area contributed by atoms with Crippen molar-refractivity contribution in [3.63, 3.8) is 0 Å². The maximum Gasteiger partial charge on any atom is 0.332 e. The molecule has 0 aliphatic carbocycles. The largest absolute Gasteiger partial charge is 0.507 e. The second-order valence-electron chi connectivity index (χ2n) is 15.0. The molecular formula is C40H75O4P. The fourth-order valence-corrected chi connectivity index (χ4v) is 7.57. The quantitative estimate of drug-likeness (QED) is 0.0642. The Morgan fingerprint density at radius 2 is 0.933 bits per heavy atom. The van der Waals surface area contributed by atoms with Crippen LogP contribution in [-0.2, 0) is 20.7 Å². The van der Waals surface area contributed by atoms with Gasteiger partial charge in [-0.1, -0.05) is 200 Å². The Balaban J connectivity index is 1.87. The zero-order chi connectivity index (χ0) is 33.2. The number of aryl methyl sites for hydroxylation is 1. The average molecular weight is 651 g/mol. The Kier molecular flexibility index (Phi) is 24.5. The van der Waals surface area contributed by atoms with E-state index in [0.717, 1.165) is 29.5 Å². The lowest BCUT2D eigenvalue weighted by molar-refractivity contribution is 0.251. The molecule has 264 valence electrons. The van der Waals surface area contributed by atoms with Gasteiger partial charge in [0.2, 0.25) is 0 Å². The van der Waals surface area contributed by atoms with Gasteiger partial charge in [-0.2, -0.15) is 0 Å². The van der Waals surface area contributed by atoms with Crippen LogP contribution in [0.4, 0.5) is 0 Å². The van der Waals surface area contributed by atoms with E-state index in [1.54, 1.807) is 6.07 Å². The SMILES string of the molecule is CCCCCCCCCCCCCCCCCCCCCCCCCCCCOP(=O)(O)Cc1cc(C)c(O)c(C(C)(C)C)c1. The first-order chi connectivity index (χ1) is 21.6. The number of aromatic hydroxyl groups is 1. The third-order valence-electron chi connectivity index (χ3n) is 9.34. The second kappa shape index (κ2) is 26.2. The summed E-state index contributed by atoms with van der Waals surface area (Å²) in [5, 5.41) is 10.4. The van der Waals surface area contributed by atoms with Crippen LogP contribution in [0.25, 0.3) is 0 Å². The molecule has 0 saturated heterocycles. The molecule has 1 aromatic carbocycles. The number of hydrogen-bond acceptors (Lipinski definition) is 3. The summed E-state index contributed by atoms with van der Waals surface area (Å²) in [6.07, 6.45) is 35.6. The van der Waals surface area contributed by atoms with Crippen molar-refractivity contribution in [1.82, 2.24) is 0 Å². The van der Waals surface area contributed by atoms with Crippen LogP contribution in [0, 0.1) is 6.92 Å². The monoisotopic (exact) mass is 651 g/mol. The van der Waals surface area contributed by atoms with Gasteiger partial charge in [0, 0.05) is 0 Å². The van der Waals surface area contributed by atoms with Crippen molar-refractivity contribution in [3.8, 4) is 5.75 Å². The fraction of sp³-hybridized carbons (Fsp3) is 0.850. The van der Waals surface area contributed by atoms with Gasteiger partial charge in [0.15, 0.2) is 0 Å². The highest BCUT2D eigenvalue weighted by Crippen LogP contribution is 2.47. The maximum atomic E-state index is 12.7. The first kappa shape index (κ1) is 42.2. The molecule has 2 N–H and O–H groups in total. The number of hydrogen-bond donors (Lipinski definition) is 2. The Hall–Kier alpha value is -0.830. The summed E-state index contributed by atoms with van der Waals surface area (Å²) in [5.41, 5.74) is 2.03. The molecule has 45 heavy (non-hydrogen) atoms. The van der Waals surface area contributed by atoms with Crippen molar-refractivity contribution < 1.29 is 19.1 Å². The lowest BCUT2D eigenvalue weighted by atomic mass is 9.84. The van der Waals surface area contributed by atoms with Crippen LogP contribution in [0.2, 0.25) is 0 Å². The zero-order valence-corrected chi connectivity index (χ0v) is 31.5. The molecule has 0 bridgehead atoms. The summed E-state index contributed by atoms with van der Waals surface area (Å²) in [6.45, 7) is 10.5. The molecule has 0 heterocycles. The van der Waals surface area contributed by atoms with E-state index in [4.69, 9.17) is 4.52 Å². The van der Waals surface area contributed by atoms with Crippen molar-refractivity contribution in [3.05, 3.63) is 28.8 Å². The zero-order valence-electron chi connectivity index (χ0n) is 30.6. The molecule has 0 fully saturated rings. The van der Waals surface area contributed by atoms with E-state index in [2.05, 4.69) is 6.92 Å². The van der Waals surface area contributed by atoms with E-state index < -0.39 is 7.60 Å². The second-order valence-corrected chi connectivity index (χ2v) is 16.9. The topological polar surface area (TPSA) is 66.8 Å². The van der Waals surface area contributed by atoms with E-state index in [1.807, 2.05) is 33.8 Å². The molecule has 0 aliphatic rings. The summed E-state index contributed by atoms with van der Waals surface area (Å²) in [6, 6.07) is 3.63. The van der Waals surface area contributed by atoms with Gasteiger partial charge in [0.1, 0.15) is 5.75 Å². The Bertz CT molecular complexity index is 891. The van der Waals surface area contributed by atoms with Crippen molar-refractivity contribution in [2.24, 2.45) is 0 Å². The van der Waals surface area contributed by atoms with E-state index in [0.29, 0.717) is 6.61 Å².